The SMILES string of the molecule is CCn1c(CNc2ccc(Cl)cc2)nnc1SCC(=O)c1ccccc1. The minimum atomic E-state index is 0.0853. The summed E-state index contributed by atoms with van der Waals surface area (Å²) in [6.07, 6.45) is 0. The van der Waals surface area contributed by atoms with Gasteiger partial charge in [0.15, 0.2) is 16.8 Å². The van der Waals surface area contributed by atoms with Gasteiger partial charge in [0.25, 0.3) is 0 Å². The third-order valence-electron chi connectivity index (χ3n) is 3.83. The molecule has 0 unspecified atom stereocenters. The topological polar surface area (TPSA) is 59.8 Å². The van der Waals surface area contributed by atoms with Crippen LogP contribution in [0.25, 0.3) is 0 Å². The number of anilines is 1. The van der Waals surface area contributed by atoms with E-state index in [0.717, 1.165) is 23.2 Å². The maximum absolute atomic E-state index is 12.3. The monoisotopic (exact) mass is 386 g/mol. The number of Topliss-reactive ketones (excluding diaryl/α,β-unsaturated/α-hetero) is 1. The average molecular weight is 387 g/mol. The molecule has 0 bridgehead atoms. The Morgan fingerprint density at radius 2 is 1.85 bits per heavy atom. The molecular weight excluding hydrogens is 368 g/mol. The van der Waals surface area contributed by atoms with Crippen molar-refractivity contribution in [3.63, 3.8) is 0 Å². The number of halogens is 1. The Balaban J connectivity index is 1.62. The van der Waals surface area contributed by atoms with Gasteiger partial charge in [-0.3, -0.25) is 4.79 Å². The lowest BCUT2D eigenvalue weighted by atomic mass is 10.2. The number of nitrogens with one attached hydrogen (secondary N) is 1. The van der Waals surface area contributed by atoms with Gasteiger partial charge in [-0.1, -0.05) is 53.7 Å². The van der Waals surface area contributed by atoms with Gasteiger partial charge < -0.3 is 9.88 Å². The van der Waals surface area contributed by atoms with Crippen molar-refractivity contribution < 1.29 is 4.79 Å². The van der Waals surface area contributed by atoms with Crippen molar-refractivity contribution in [3.05, 3.63) is 71.0 Å². The Morgan fingerprint density at radius 1 is 1.12 bits per heavy atom. The fraction of sp³-hybridized carbons (Fsp3) is 0.211. The molecule has 0 amide bonds. The Morgan fingerprint density at radius 3 is 2.54 bits per heavy atom. The minimum absolute atomic E-state index is 0.0853. The number of hydrogen-bond acceptors (Lipinski definition) is 5. The van der Waals surface area contributed by atoms with Crippen LogP contribution in [-0.4, -0.2) is 26.3 Å². The van der Waals surface area contributed by atoms with Crippen molar-refractivity contribution in [3.8, 4) is 0 Å². The maximum Gasteiger partial charge on any atom is 0.191 e. The molecule has 7 heteroatoms. The standard InChI is InChI=1S/C19H19ClN4OS/c1-2-24-18(12-21-16-10-8-15(20)9-11-16)22-23-19(24)26-13-17(25)14-6-4-3-5-7-14/h3-11,21H,2,12-13H2,1H3. The highest BCUT2D eigenvalue weighted by molar-refractivity contribution is 7.99. The molecule has 3 aromatic rings. The number of aromatic nitrogens is 3. The van der Waals surface area contributed by atoms with Crippen molar-refractivity contribution in [1.82, 2.24) is 14.8 Å². The molecule has 2 aromatic carbocycles. The van der Waals surface area contributed by atoms with Gasteiger partial charge in [0, 0.05) is 22.8 Å². The Bertz CT molecular complexity index is 865. The lowest BCUT2D eigenvalue weighted by Crippen LogP contribution is -2.09. The maximum atomic E-state index is 12.3. The summed E-state index contributed by atoms with van der Waals surface area (Å²) in [5, 5.41) is 13.3. The molecule has 0 aliphatic rings. The van der Waals surface area contributed by atoms with E-state index < -0.39 is 0 Å². The number of benzene rings is 2. The summed E-state index contributed by atoms with van der Waals surface area (Å²) in [5.74, 6) is 1.26. The van der Waals surface area contributed by atoms with Crippen LogP contribution in [0.4, 0.5) is 5.69 Å². The summed E-state index contributed by atoms with van der Waals surface area (Å²) in [4.78, 5) is 12.3. The first kappa shape index (κ1) is 18.5. The third-order valence-corrected chi connectivity index (χ3v) is 5.05. The van der Waals surface area contributed by atoms with Gasteiger partial charge in [0.05, 0.1) is 12.3 Å². The van der Waals surface area contributed by atoms with Crippen LogP contribution in [0.3, 0.4) is 0 Å². The van der Waals surface area contributed by atoms with Crippen LogP contribution in [-0.2, 0) is 13.1 Å². The Kier molecular flexibility index (Phi) is 6.30. The molecule has 0 fully saturated rings. The number of carbonyl (C=O) groups is 1. The third kappa shape index (κ3) is 4.65. The van der Waals surface area contributed by atoms with Gasteiger partial charge >= 0.3 is 0 Å². The first-order chi connectivity index (χ1) is 12.7. The van der Waals surface area contributed by atoms with E-state index in [-0.39, 0.29) is 5.78 Å². The van der Waals surface area contributed by atoms with Crippen molar-refractivity contribution in [2.45, 2.75) is 25.2 Å². The van der Waals surface area contributed by atoms with Gasteiger partial charge in [-0.15, -0.1) is 10.2 Å². The van der Waals surface area contributed by atoms with Crippen LogP contribution >= 0.6 is 23.4 Å². The highest BCUT2D eigenvalue weighted by Crippen LogP contribution is 2.20. The quantitative estimate of drug-likeness (QED) is 0.455. The van der Waals surface area contributed by atoms with Crippen molar-refractivity contribution in [2.24, 2.45) is 0 Å². The predicted molar refractivity (Wildman–Crippen MR) is 106 cm³/mol. The summed E-state index contributed by atoms with van der Waals surface area (Å²) < 4.78 is 2.02. The largest absolute Gasteiger partial charge is 0.378 e. The number of nitrogens with zero attached hydrogens (tertiary/aromatic N) is 3. The first-order valence-corrected chi connectivity index (χ1v) is 9.66. The number of ketones is 1. The number of hydrogen-bond donors (Lipinski definition) is 1. The fourth-order valence-electron chi connectivity index (χ4n) is 2.46. The number of thioether (sulfide) groups is 1. The zero-order valence-electron chi connectivity index (χ0n) is 14.4. The Hall–Kier alpha value is -2.31. The Labute approximate surface area is 161 Å². The molecule has 0 aliphatic heterocycles. The summed E-state index contributed by atoms with van der Waals surface area (Å²) in [7, 11) is 0. The lowest BCUT2D eigenvalue weighted by Gasteiger charge is -2.09. The second-order valence-electron chi connectivity index (χ2n) is 5.58. The molecular formula is C19H19ClN4OS. The molecule has 0 saturated heterocycles. The zero-order valence-corrected chi connectivity index (χ0v) is 15.9. The molecule has 0 aliphatic carbocycles. The average Bonchev–Trinajstić information content (AvgIpc) is 3.08. The smallest absolute Gasteiger partial charge is 0.191 e. The molecule has 1 heterocycles. The first-order valence-electron chi connectivity index (χ1n) is 8.30. The number of rotatable bonds is 8. The van der Waals surface area contributed by atoms with Gasteiger partial charge in [-0.25, -0.2) is 0 Å². The van der Waals surface area contributed by atoms with E-state index in [1.165, 1.54) is 11.8 Å². The second-order valence-corrected chi connectivity index (χ2v) is 6.96. The van der Waals surface area contributed by atoms with Crippen LogP contribution in [0.1, 0.15) is 23.1 Å². The molecule has 3 rings (SSSR count). The number of carbonyl (C=O) groups excluding carboxylic acids is 1. The molecule has 1 aromatic heterocycles. The zero-order chi connectivity index (χ0) is 18.4. The lowest BCUT2D eigenvalue weighted by molar-refractivity contribution is 0.102. The van der Waals surface area contributed by atoms with Gasteiger partial charge in [0.2, 0.25) is 0 Å². The fourth-order valence-corrected chi connectivity index (χ4v) is 3.50. The van der Waals surface area contributed by atoms with E-state index >= 15 is 0 Å². The van der Waals surface area contributed by atoms with Crippen molar-refractivity contribution >= 4 is 34.8 Å². The van der Waals surface area contributed by atoms with Crippen LogP contribution in [0.2, 0.25) is 5.02 Å². The molecule has 0 radical (unpaired) electrons. The van der Waals surface area contributed by atoms with Gasteiger partial charge in [0.1, 0.15) is 0 Å². The molecule has 134 valence electrons. The molecule has 0 saturated carbocycles. The summed E-state index contributed by atoms with van der Waals surface area (Å²) in [6.45, 7) is 3.33. The van der Waals surface area contributed by atoms with Crippen LogP contribution in [0.15, 0.2) is 59.8 Å². The van der Waals surface area contributed by atoms with E-state index in [9.17, 15) is 4.79 Å². The highest BCUT2D eigenvalue weighted by Gasteiger charge is 2.13. The molecule has 5 nitrogen and oxygen atoms in total. The van der Waals surface area contributed by atoms with E-state index in [1.54, 1.807) is 0 Å². The van der Waals surface area contributed by atoms with E-state index in [0.29, 0.717) is 22.9 Å². The molecule has 0 spiro atoms. The van der Waals surface area contributed by atoms with Gasteiger partial charge in [-0.2, -0.15) is 0 Å². The highest BCUT2D eigenvalue weighted by atomic mass is 35.5. The summed E-state index contributed by atoms with van der Waals surface area (Å²) in [6, 6.07) is 16.8. The molecule has 26 heavy (non-hydrogen) atoms. The van der Waals surface area contributed by atoms with Gasteiger partial charge in [-0.05, 0) is 31.2 Å². The van der Waals surface area contributed by atoms with Crippen molar-refractivity contribution in [2.75, 3.05) is 11.1 Å². The molecule has 1 N–H and O–H groups in total. The van der Waals surface area contributed by atoms with Crippen LogP contribution in [0, 0.1) is 0 Å². The predicted octanol–water partition coefficient (Wildman–Crippen LogP) is 4.54. The second kappa shape index (κ2) is 8.87. The molecule has 0 atom stereocenters. The van der Waals surface area contributed by atoms with E-state index in [4.69, 9.17) is 11.6 Å². The van der Waals surface area contributed by atoms with Crippen molar-refractivity contribution in [1.29, 1.82) is 0 Å². The summed E-state index contributed by atoms with van der Waals surface area (Å²) >= 11 is 7.31. The van der Waals surface area contributed by atoms with Crippen LogP contribution in [0.5, 0.6) is 0 Å². The normalized spacial score (nSPS) is 10.7. The van der Waals surface area contributed by atoms with E-state index in [2.05, 4.69) is 15.5 Å². The van der Waals surface area contributed by atoms with Crippen LogP contribution < -0.4 is 5.32 Å². The minimum Gasteiger partial charge on any atom is -0.378 e. The van der Waals surface area contributed by atoms with E-state index in [1.807, 2.05) is 66.1 Å². The summed E-state index contributed by atoms with van der Waals surface area (Å²) in [5.41, 5.74) is 1.68.